The molecule has 17 heavy (non-hydrogen) atoms. The summed E-state index contributed by atoms with van der Waals surface area (Å²) in [4.78, 5) is 12.5. The van der Waals surface area contributed by atoms with E-state index in [2.05, 4.69) is 0 Å². The Morgan fingerprint density at radius 3 is 2.06 bits per heavy atom. The molecule has 4 nitrogen and oxygen atoms in total. The van der Waals surface area contributed by atoms with Gasteiger partial charge in [-0.25, -0.2) is 5.84 Å². The van der Waals surface area contributed by atoms with E-state index in [1.807, 2.05) is 5.43 Å². The molecule has 0 radical (unpaired) electrons. The van der Waals surface area contributed by atoms with Gasteiger partial charge in [0.05, 0.1) is 12.5 Å². The van der Waals surface area contributed by atoms with E-state index in [0.717, 1.165) is 0 Å². The van der Waals surface area contributed by atoms with Crippen LogP contribution in [-0.2, 0) is 4.79 Å². The van der Waals surface area contributed by atoms with Gasteiger partial charge in [0.25, 0.3) is 0 Å². The minimum atomic E-state index is -4.28. The smallest absolute Gasteiger partial charge is 0.294 e. The van der Waals surface area contributed by atoms with Crippen molar-refractivity contribution in [3.8, 4) is 0 Å². The van der Waals surface area contributed by atoms with Crippen molar-refractivity contribution in [2.75, 3.05) is 6.54 Å². The quantitative estimate of drug-likeness (QED) is 0.442. The summed E-state index contributed by atoms with van der Waals surface area (Å²) in [6.45, 7) is 5.43. The van der Waals surface area contributed by atoms with Crippen LogP contribution in [-0.4, -0.2) is 35.6 Å². The molecule has 0 aromatic rings. The van der Waals surface area contributed by atoms with E-state index in [9.17, 15) is 18.0 Å². The van der Waals surface area contributed by atoms with Crippen LogP contribution in [0.1, 0.15) is 27.7 Å². The fourth-order valence-electron chi connectivity index (χ4n) is 1.64. The number of alkyl halides is 3. The van der Waals surface area contributed by atoms with Crippen LogP contribution in [0.4, 0.5) is 13.2 Å². The van der Waals surface area contributed by atoms with Crippen LogP contribution in [0, 0.1) is 5.92 Å². The first-order valence-electron chi connectivity index (χ1n) is 5.43. The summed E-state index contributed by atoms with van der Waals surface area (Å²) in [6.07, 6.45) is -4.28. The molecule has 0 aliphatic rings. The first kappa shape index (κ1) is 16.2. The molecule has 0 spiro atoms. The largest absolute Gasteiger partial charge is 0.401 e. The molecule has 0 aliphatic carbocycles. The summed E-state index contributed by atoms with van der Waals surface area (Å²) in [5, 5.41) is 0. The van der Waals surface area contributed by atoms with Gasteiger partial charge >= 0.3 is 6.18 Å². The molecule has 0 saturated carbocycles. The third kappa shape index (κ3) is 5.36. The zero-order valence-electron chi connectivity index (χ0n) is 10.5. The number of rotatable bonds is 5. The van der Waals surface area contributed by atoms with E-state index in [1.54, 1.807) is 27.7 Å². The molecule has 0 saturated heterocycles. The number of carbonyl (C=O) groups is 1. The molecule has 0 fully saturated rings. The van der Waals surface area contributed by atoms with Crippen LogP contribution in [0.25, 0.3) is 0 Å². The molecule has 3 N–H and O–H groups in total. The van der Waals surface area contributed by atoms with Gasteiger partial charge in [0.2, 0.25) is 5.91 Å². The normalized spacial score (nSPS) is 16.1. The summed E-state index contributed by atoms with van der Waals surface area (Å²) < 4.78 is 37.2. The Kier molecular flexibility index (Phi) is 5.91. The SMILES string of the molecule is CC(C(=O)NN)C(C)N(CC(F)(F)F)C(C)C. The molecule has 0 rings (SSSR count). The zero-order chi connectivity index (χ0) is 13.8. The Hall–Kier alpha value is -0.820. The van der Waals surface area contributed by atoms with Crippen LogP contribution in [0.3, 0.4) is 0 Å². The molecular formula is C10H20F3N3O. The Morgan fingerprint density at radius 2 is 1.76 bits per heavy atom. The summed E-state index contributed by atoms with van der Waals surface area (Å²) in [6, 6.07) is -0.847. The van der Waals surface area contributed by atoms with Crippen molar-refractivity contribution in [1.29, 1.82) is 0 Å². The van der Waals surface area contributed by atoms with Gasteiger partial charge in [0, 0.05) is 12.1 Å². The maximum atomic E-state index is 12.4. The Morgan fingerprint density at radius 1 is 1.29 bits per heavy atom. The highest BCUT2D eigenvalue weighted by atomic mass is 19.4. The van der Waals surface area contributed by atoms with E-state index in [1.165, 1.54) is 4.90 Å². The Labute approximate surface area is 99.3 Å². The molecule has 2 atom stereocenters. The molecule has 0 aromatic heterocycles. The van der Waals surface area contributed by atoms with E-state index in [0.29, 0.717) is 0 Å². The van der Waals surface area contributed by atoms with Crippen molar-refractivity contribution >= 4 is 5.91 Å². The Bertz CT molecular complexity index is 256. The van der Waals surface area contributed by atoms with Crippen LogP contribution < -0.4 is 11.3 Å². The van der Waals surface area contributed by atoms with Crippen molar-refractivity contribution in [2.24, 2.45) is 11.8 Å². The van der Waals surface area contributed by atoms with Crippen molar-refractivity contribution in [3.63, 3.8) is 0 Å². The monoisotopic (exact) mass is 255 g/mol. The van der Waals surface area contributed by atoms with Gasteiger partial charge in [-0.3, -0.25) is 15.1 Å². The van der Waals surface area contributed by atoms with Gasteiger partial charge in [0.1, 0.15) is 0 Å². The second-order valence-corrected chi connectivity index (χ2v) is 4.42. The third-order valence-corrected chi connectivity index (χ3v) is 2.83. The van der Waals surface area contributed by atoms with E-state index in [-0.39, 0.29) is 6.04 Å². The lowest BCUT2D eigenvalue weighted by molar-refractivity contribution is -0.158. The number of carbonyl (C=O) groups excluding carboxylic acids is 1. The number of nitrogens with one attached hydrogen (secondary N) is 1. The lowest BCUT2D eigenvalue weighted by atomic mass is 10.00. The first-order valence-corrected chi connectivity index (χ1v) is 5.43. The van der Waals surface area contributed by atoms with Crippen LogP contribution in [0.2, 0.25) is 0 Å². The highest BCUT2D eigenvalue weighted by molar-refractivity contribution is 5.78. The molecule has 2 unspecified atom stereocenters. The van der Waals surface area contributed by atoms with Crippen LogP contribution in [0.5, 0.6) is 0 Å². The number of hydrogen-bond acceptors (Lipinski definition) is 3. The number of halogens is 3. The summed E-state index contributed by atoms with van der Waals surface area (Å²) in [7, 11) is 0. The second kappa shape index (κ2) is 6.20. The molecule has 0 aliphatic heterocycles. The maximum absolute atomic E-state index is 12.4. The van der Waals surface area contributed by atoms with Gasteiger partial charge in [-0.15, -0.1) is 0 Å². The summed E-state index contributed by atoms with van der Waals surface area (Å²) >= 11 is 0. The fraction of sp³-hybridized carbons (Fsp3) is 0.900. The minimum absolute atomic E-state index is 0.306. The number of hydrogen-bond donors (Lipinski definition) is 2. The molecule has 0 heterocycles. The standard InChI is InChI=1S/C10H20F3N3O/c1-6(2)16(5-10(11,12)13)8(4)7(3)9(17)15-14/h6-8H,5,14H2,1-4H3,(H,15,17). The number of amides is 1. The number of hydrazine groups is 1. The average molecular weight is 255 g/mol. The van der Waals surface area contributed by atoms with E-state index in [4.69, 9.17) is 5.84 Å². The van der Waals surface area contributed by atoms with Crippen molar-refractivity contribution in [1.82, 2.24) is 10.3 Å². The fourth-order valence-corrected chi connectivity index (χ4v) is 1.64. The van der Waals surface area contributed by atoms with Gasteiger partial charge < -0.3 is 0 Å². The Balaban J connectivity index is 4.77. The minimum Gasteiger partial charge on any atom is -0.294 e. The molecule has 0 bridgehead atoms. The van der Waals surface area contributed by atoms with Crippen LogP contribution in [0.15, 0.2) is 0 Å². The predicted molar refractivity (Wildman–Crippen MR) is 58.9 cm³/mol. The first-order chi connectivity index (χ1) is 7.60. The summed E-state index contributed by atoms with van der Waals surface area (Å²) in [5.74, 6) is 3.90. The molecular weight excluding hydrogens is 235 g/mol. The third-order valence-electron chi connectivity index (χ3n) is 2.83. The number of nitrogens with two attached hydrogens (primary N) is 1. The van der Waals surface area contributed by atoms with E-state index >= 15 is 0 Å². The average Bonchev–Trinajstić information content (AvgIpc) is 2.21. The van der Waals surface area contributed by atoms with Gasteiger partial charge in [0.15, 0.2) is 0 Å². The van der Waals surface area contributed by atoms with E-state index < -0.39 is 30.6 Å². The van der Waals surface area contributed by atoms with Crippen molar-refractivity contribution in [2.45, 2.75) is 46.0 Å². The van der Waals surface area contributed by atoms with Crippen LogP contribution >= 0.6 is 0 Å². The van der Waals surface area contributed by atoms with Crippen molar-refractivity contribution < 1.29 is 18.0 Å². The van der Waals surface area contributed by atoms with Crippen molar-refractivity contribution in [3.05, 3.63) is 0 Å². The maximum Gasteiger partial charge on any atom is 0.401 e. The highest BCUT2D eigenvalue weighted by Crippen LogP contribution is 2.22. The van der Waals surface area contributed by atoms with Gasteiger partial charge in [-0.05, 0) is 20.8 Å². The summed E-state index contributed by atoms with van der Waals surface area (Å²) in [5.41, 5.74) is 1.96. The lowest BCUT2D eigenvalue weighted by Crippen LogP contribution is -2.51. The predicted octanol–water partition coefficient (Wildman–Crippen LogP) is 1.27. The topological polar surface area (TPSA) is 58.4 Å². The van der Waals surface area contributed by atoms with Gasteiger partial charge in [-0.2, -0.15) is 13.2 Å². The molecule has 7 heteroatoms. The van der Waals surface area contributed by atoms with Gasteiger partial charge in [-0.1, -0.05) is 6.92 Å². The second-order valence-electron chi connectivity index (χ2n) is 4.42. The lowest BCUT2D eigenvalue weighted by Gasteiger charge is -2.35. The molecule has 0 aromatic carbocycles. The molecule has 102 valence electrons. The zero-order valence-corrected chi connectivity index (χ0v) is 10.5. The number of nitrogens with zero attached hydrogens (tertiary/aromatic N) is 1. The molecule has 1 amide bonds. The highest BCUT2D eigenvalue weighted by Gasteiger charge is 2.36.